The fourth-order valence-electron chi connectivity index (χ4n) is 3.52. The van der Waals surface area contributed by atoms with Crippen LogP contribution in [-0.4, -0.2) is 26.2 Å². The summed E-state index contributed by atoms with van der Waals surface area (Å²) in [5, 5.41) is 10.9. The summed E-state index contributed by atoms with van der Waals surface area (Å²) in [7, 11) is 0. The molecule has 0 aliphatic heterocycles. The van der Waals surface area contributed by atoms with Gasteiger partial charge < -0.3 is 15.4 Å². The lowest BCUT2D eigenvalue weighted by atomic mass is 10.1. The zero-order valence-electron chi connectivity index (χ0n) is 15.0. The Kier molecular flexibility index (Phi) is 4.85. The maximum Gasteiger partial charge on any atom is 0.146 e. The Morgan fingerprint density at radius 3 is 2.37 bits per heavy atom. The normalized spacial score (nSPS) is 12.3. The van der Waals surface area contributed by atoms with Gasteiger partial charge in [0, 0.05) is 11.8 Å². The number of nitrogens with two attached hydrogens (primary N) is 1. The van der Waals surface area contributed by atoms with Gasteiger partial charge in [-0.3, -0.25) is 0 Å². The van der Waals surface area contributed by atoms with Crippen molar-refractivity contribution in [2.75, 3.05) is 12.3 Å². The topological polar surface area (TPSA) is 77.0 Å². The summed E-state index contributed by atoms with van der Waals surface area (Å²) < 4.78 is 2.04. The minimum absolute atomic E-state index is 0.0365. The summed E-state index contributed by atoms with van der Waals surface area (Å²) in [6.45, 7) is 0.0365. The molecular weight excluding hydrogens is 336 g/mol. The van der Waals surface area contributed by atoms with Crippen LogP contribution in [0.4, 0.5) is 5.82 Å². The van der Waals surface area contributed by atoms with Crippen LogP contribution in [0, 0.1) is 0 Å². The third-order valence-electron chi connectivity index (χ3n) is 4.94. The summed E-state index contributed by atoms with van der Waals surface area (Å²) in [4.78, 5) is 8.65. The molecule has 4 aromatic rings. The second kappa shape index (κ2) is 7.60. The number of aliphatic hydroxyl groups excluding tert-OH is 1. The van der Waals surface area contributed by atoms with Crippen molar-refractivity contribution in [3.05, 3.63) is 78.8 Å². The molecule has 5 heteroatoms. The maximum atomic E-state index is 10.1. The number of fused-ring (bicyclic) bond motifs is 1. The van der Waals surface area contributed by atoms with Gasteiger partial charge in [0.05, 0.1) is 18.0 Å². The molecular formula is C22H22N4O. The first kappa shape index (κ1) is 17.2. The number of aromatic nitrogens is 3. The molecule has 0 aliphatic carbocycles. The molecule has 0 amide bonds. The number of rotatable bonds is 6. The van der Waals surface area contributed by atoms with Gasteiger partial charge in [-0.15, -0.1) is 0 Å². The average Bonchev–Trinajstić information content (AvgIpc) is 3.11. The van der Waals surface area contributed by atoms with Gasteiger partial charge in [0.2, 0.25) is 0 Å². The van der Waals surface area contributed by atoms with Crippen LogP contribution in [0.2, 0.25) is 0 Å². The van der Waals surface area contributed by atoms with Crippen molar-refractivity contribution in [3.63, 3.8) is 0 Å². The molecule has 2 heterocycles. The number of aliphatic hydroxyl groups is 1. The molecule has 136 valence electrons. The Labute approximate surface area is 158 Å². The molecule has 0 aliphatic rings. The molecule has 0 bridgehead atoms. The number of aryl methyl sites for hydroxylation is 1. The number of nitrogens with zero attached hydrogens (tertiary/aromatic N) is 3. The summed E-state index contributed by atoms with van der Waals surface area (Å²) in [6.07, 6.45) is 5.21. The molecule has 1 atom stereocenters. The van der Waals surface area contributed by atoms with E-state index in [1.54, 1.807) is 0 Å². The Balaban J connectivity index is 1.75. The van der Waals surface area contributed by atoms with Crippen LogP contribution >= 0.6 is 0 Å². The van der Waals surface area contributed by atoms with E-state index >= 15 is 0 Å². The molecule has 0 radical (unpaired) electrons. The Hall–Kier alpha value is -3.18. The predicted octanol–water partition coefficient (Wildman–Crippen LogP) is 3.85. The first-order valence-corrected chi connectivity index (χ1v) is 9.09. The van der Waals surface area contributed by atoms with E-state index in [1.165, 1.54) is 11.9 Å². The smallest absolute Gasteiger partial charge is 0.146 e. The van der Waals surface area contributed by atoms with Crippen molar-refractivity contribution in [1.82, 2.24) is 14.5 Å². The molecule has 3 N–H and O–H groups in total. The molecule has 0 saturated heterocycles. The highest BCUT2D eigenvalue weighted by Gasteiger charge is 2.19. The van der Waals surface area contributed by atoms with Crippen LogP contribution in [0.3, 0.4) is 0 Å². The average molecular weight is 358 g/mol. The van der Waals surface area contributed by atoms with Crippen molar-refractivity contribution >= 4 is 16.9 Å². The van der Waals surface area contributed by atoms with Crippen LogP contribution in [-0.2, 0) is 6.42 Å². The third-order valence-corrected chi connectivity index (χ3v) is 4.94. The zero-order chi connectivity index (χ0) is 18.6. The van der Waals surface area contributed by atoms with E-state index in [1.807, 2.05) is 59.3 Å². The summed E-state index contributed by atoms with van der Waals surface area (Å²) >= 11 is 0. The fraction of sp³-hybridized carbons (Fsp3) is 0.182. The summed E-state index contributed by atoms with van der Waals surface area (Å²) in [6, 6.07) is 20.3. The first-order chi connectivity index (χ1) is 13.3. The van der Waals surface area contributed by atoms with Gasteiger partial charge in [-0.1, -0.05) is 60.7 Å². The second-order valence-corrected chi connectivity index (χ2v) is 6.63. The van der Waals surface area contributed by atoms with Crippen molar-refractivity contribution in [2.24, 2.45) is 0 Å². The number of hydrogen-bond acceptors (Lipinski definition) is 4. The van der Waals surface area contributed by atoms with Crippen molar-refractivity contribution in [3.8, 4) is 11.1 Å². The Bertz CT molecular complexity index is 1030. The number of nitrogen functional groups attached to an aromatic ring is 1. The van der Waals surface area contributed by atoms with Crippen molar-refractivity contribution in [2.45, 2.75) is 18.9 Å². The highest BCUT2D eigenvalue weighted by molar-refractivity contribution is 6.00. The minimum Gasteiger partial charge on any atom is -0.394 e. The SMILES string of the molecule is Nc1ncnc2c1c(-c1ccccc1)cn2[C@@H](CO)CCc1ccccc1. The highest BCUT2D eigenvalue weighted by Crippen LogP contribution is 2.34. The quantitative estimate of drug-likeness (QED) is 0.549. The molecule has 2 aromatic heterocycles. The number of hydrogen-bond donors (Lipinski definition) is 2. The van der Waals surface area contributed by atoms with E-state index in [0.717, 1.165) is 35.0 Å². The van der Waals surface area contributed by atoms with E-state index < -0.39 is 0 Å². The predicted molar refractivity (Wildman–Crippen MR) is 108 cm³/mol. The van der Waals surface area contributed by atoms with Gasteiger partial charge in [0.15, 0.2) is 0 Å². The van der Waals surface area contributed by atoms with Crippen LogP contribution in [0.25, 0.3) is 22.2 Å². The van der Waals surface area contributed by atoms with Crippen LogP contribution in [0.15, 0.2) is 73.2 Å². The Morgan fingerprint density at radius 2 is 1.67 bits per heavy atom. The van der Waals surface area contributed by atoms with Crippen LogP contribution < -0.4 is 5.73 Å². The third kappa shape index (κ3) is 3.41. The number of benzene rings is 2. The molecule has 2 aromatic carbocycles. The molecule has 27 heavy (non-hydrogen) atoms. The van der Waals surface area contributed by atoms with Gasteiger partial charge in [-0.25, -0.2) is 9.97 Å². The van der Waals surface area contributed by atoms with Gasteiger partial charge in [0.1, 0.15) is 17.8 Å². The fourth-order valence-corrected chi connectivity index (χ4v) is 3.52. The second-order valence-electron chi connectivity index (χ2n) is 6.63. The van der Waals surface area contributed by atoms with Gasteiger partial charge >= 0.3 is 0 Å². The van der Waals surface area contributed by atoms with E-state index in [0.29, 0.717) is 5.82 Å². The molecule has 0 fully saturated rings. The molecule has 0 saturated carbocycles. The van der Waals surface area contributed by atoms with E-state index in [4.69, 9.17) is 5.73 Å². The molecule has 0 unspecified atom stereocenters. The van der Waals surface area contributed by atoms with Crippen molar-refractivity contribution < 1.29 is 5.11 Å². The summed E-state index contributed by atoms with van der Waals surface area (Å²) in [5.74, 6) is 0.456. The zero-order valence-corrected chi connectivity index (χ0v) is 15.0. The van der Waals surface area contributed by atoms with E-state index in [9.17, 15) is 5.11 Å². The van der Waals surface area contributed by atoms with Crippen LogP contribution in [0.5, 0.6) is 0 Å². The lowest BCUT2D eigenvalue weighted by Gasteiger charge is -2.17. The lowest BCUT2D eigenvalue weighted by molar-refractivity contribution is 0.223. The van der Waals surface area contributed by atoms with Gasteiger partial charge in [-0.2, -0.15) is 0 Å². The van der Waals surface area contributed by atoms with Crippen molar-refractivity contribution in [1.29, 1.82) is 0 Å². The maximum absolute atomic E-state index is 10.1. The summed E-state index contributed by atoms with van der Waals surface area (Å²) in [5.41, 5.74) is 10.2. The van der Waals surface area contributed by atoms with Gasteiger partial charge in [0.25, 0.3) is 0 Å². The van der Waals surface area contributed by atoms with Crippen LogP contribution in [0.1, 0.15) is 18.0 Å². The largest absolute Gasteiger partial charge is 0.394 e. The monoisotopic (exact) mass is 358 g/mol. The number of anilines is 1. The standard InChI is InChI=1S/C22H22N4O/c23-21-20-19(17-9-5-2-6-10-17)13-26(22(20)25-15-24-21)18(14-27)12-11-16-7-3-1-4-8-16/h1-10,13,15,18,27H,11-12,14H2,(H2,23,24,25)/t18-/m1/s1. The lowest BCUT2D eigenvalue weighted by Crippen LogP contribution is -2.14. The van der Waals surface area contributed by atoms with E-state index in [-0.39, 0.29) is 12.6 Å². The highest BCUT2D eigenvalue weighted by atomic mass is 16.3. The first-order valence-electron chi connectivity index (χ1n) is 9.09. The van der Waals surface area contributed by atoms with Gasteiger partial charge in [-0.05, 0) is 24.0 Å². The molecule has 0 spiro atoms. The Morgan fingerprint density at radius 1 is 0.963 bits per heavy atom. The van der Waals surface area contributed by atoms with E-state index in [2.05, 4.69) is 22.1 Å². The molecule has 4 rings (SSSR count). The molecule has 5 nitrogen and oxygen atoms in total. The minimum atomic E-state index is -0.0838.